The summed E-state index contributed by atoms with van der Waals surface area (Å²) in [7, 11) is -2.15. The van der Waals surface area contributed by atoms with E-state index >= 15 is 0 Å². The fourth-order valence-electron chi connectivity index (χ4n) is 3.14. The van der Waals surface area contributed by atoms with Gasteiger partial charge >= 0.3 is 0 Å². The van der Waals surface area contributed by atoms with Gasteiger partial charge in [-0.05, 0) is 56.6 Å². The Labute approximate surface area is 137 Å². The number of hydrogen-bond donors (Lipinski definition) is 0. The number of aryl methyl sites for hydroxylation is 1. The molecule has 1 aliphatic carbocycles. The molecule has 0 bridgehead atoms. The largest absolute Gasteiger partial charge is 0.271 e. The normalized spacial score (nSPS) is 22.3. The molecule has 0 aliphatic heterocycles. The summed E-state index contributed by atoms with van der Waals surface area (Å²) in [5.74, 6) is 0.629. The standard InChI is InChI=1S/C16H24N2O4S/c1-11-5-7-14(8-6-11)17(4)23(21,22)16-10-15(18(19)20)9-12(2)13(16)3/h9-11,14H,5-8H2,1-4H3. The summed E-state index contributed by atoms with van der Waals surface area (Å²) in [6.07, 6.45) is 3.70. The number of nitro groups is 1. The molecular weight excluding hydrogens is 316 g/mol. The van der Waals surface area contributed by atoms with Crippen LogP contribution in [0.3, 0.4) is 0 Å². The molecule has 1 saturated carbocycles. The van der Waals surface area contributed by atoms with Gasteiger partial charge in [0, 0.05) is 25.2 Å². The Morgan fingerprint density at radius 1 is 1.17 bits per heavy atom. The first-order valence-electron chi connectivity index (χ1n) is 7.88. The summed E-state index contributed by atoms with van der Waals surface area (Å²) in [5, 5.41) is 11.0. The Hall–Kier alpha value is -1.47. The monoisotopic (exact) mass is 340 g/mol. The van der Waals surface area contributed by atoms with Gasteiger partial charge in [-0.3, -0.25) is 10.1 Å². The fraction of sp³-hybridized carbons (Fsp3) is 0.625. The van der Waals surface area contributed by atoms with Crippen LogP contribution in [0.15, 0.2) is 17.0 Å². The minimum Gasteiger partial charge on any atom is -0.258 e. The number of rotatable bonds is 4. The molecule has 0 saturated heterocycles. The second kappa shape index (κ2) is 6.57. The second-order valence-corrected chi connectivity index (χ2v) is 8.54. The minimum absolute atomic E-state index is 0.0323. The van der Waals surface area contributed by atoms with Gasteiger partial charge in [-0.25, -0.2) is 8.42 Å². The van der Waals surface area contributed by atoms with Crippen molar-refractivity contribution in [2.75, 3.05) is 7.05 Å². The lowest BCUT2D eigenvalue weighted by molar-refractivity contribution is -0.385. The van der Waals surface area contributed by atoms with Crippen molar-refractivity contribution in [3.63, 3.8) is 0 Å². The van der Waals surface area contributed by atoms with Gasteiger partial charge in [-0.2, -0.15) is 4.31 Å². The molecule has 128 valence electrons. The minimum atomic E-state index is -3.74. The first-order chi connectivity index (χ1) is 10.6. The van der Waals surface area contributed by atoms with Gasteiger partial charge in [0.2, 0.25) is 10.0 Å². The van der Waals surface area contributed by atoms with Crippen molar-refractivity contribution in [2.45, 2.75) is 57.4 Å². The van der Waals surface area contributed by atoms with E-state index in [0.29, 0.717) is 17.0 Å². The summed E-state index contributed by atoms with van der Waals surface area (Å²) < 4.78 is 27.3. The zero-order valence-corrected chi connectivity index (χ0v) is 14.9. The molecule has 23 heavy (non-hydrogen) atoms. The van der Waals surface area contributed by atoms with Crippen LogP contribution >= 0.6 is 0 Å². The van der Waals surface area contributed by atoms with E-state index in [9.17, 15) is 18.5 Å². The molecule has 0 heterocycles. The topological polar surface area (TPSA) is 80.5 Å². The number of hydrogen-bond acceptors (Lipinski definition) is 4. The molecular formula is C16H24N2O4S. The van der Waals surface area contributed by atoms with Crippen molar-refractivity contribution < 1.29 is 13.3 Å². The lowest BCUT2D eigenvalue weighted by Crippen LogP contribution is -2.39. The molecule has 0 spiro atoms. The van der Waals surface area contributed by atoms with Crippen LogP contribution in [0.2, 0.25) is 0 Å². The molecule has 1 fully saturated rings. The highest BCUT2D eigenvalue weighted by molar-refractivity contribution is 7.89. The van der Waals surface area contributed by atoms with Gasteiger partial charge in [0.25, 0.3) is 5.69 Å². The average molecular weight is 340 g/mol. The van der Waals surface area contributed by atoms with Crippen LogP contribution in [-0.2, 0) is 10.0 Å². The zero-order valence-electron chi connectivity index (χ0n) is 14.1. The number of benzene rings is 1. The lowest BCUT2D eigenvalue weighted by Gasteiger charge is -2.33. The first-order valence-corrected chi connectivity index (χ1v) is 9.32. The Morgan fingerprint density at radius 3 is 2.26 bits per heavy atom. The number of non-ortho nitro benzene ring substituents is 1. The molecule has 1 aliphatic rings. The Balaban J connectivity index is 2.41. The highest BCUT2D eigenvalue weighted by Crippen LogP contribution is 2.32. The molecule has 0 amide bonds. The lowest BCUT2D eigenvalue weighted by atomic mass is 9.87. The maximum Gasteiger partial charge on any atom is 0.271 e. The van der Waals surface area contributed by atoms with Crippen molar-refractivity contribution in [3.8, 4) is 0 Å². The highest BCUT2D eigenvalue weighted by atomic mass is 32.2. The van der Waals surface area contributed by atoms with Crippen LogP contribution in [0.25, 0.3) is 0 Å². The van der Waals surface area contributed by atoms with Crippen LogP contribution in [-0.4, -0.2) is 30.7 Å². The summed E-state index contributed by atoms with van der Waals surface area (Å²) >= 11 is 0. The van der Waals surface area contributed by atoms with Crippen molar-refractivity contribution in [1.82, 2.24) is 4.31 Å². The molecule has 0 radical (unpaired) electrons. The second-order valence-electron chi connectivity index (χ2n) is 6.58. The molecule has 0 unspecified atom stereocenters. The van der Waals surface area contributed by atoms with Crippen molar-refractivity contribution in [2.24, 2.45) is 5.92 Å². The van der Waals surface area contributed by atoms with Crippen LogP contribution in [0, 0.1) is 29.9 Å². The maximum atomic E-state index is 13.0. The number of nitro benzene ring substituents is 1. The van der Waals surface area contributed by atoms with E-state index in [-0.39, 0.29) is 16.6 Å². The molecule has 6 nitrogen and oxygen atoms in total. The van der Waals surface area contributed by atoms with E-state index in [1.54, 1.807) is 20.9 Å². The summed E-state index contributed by atoms with van der Waals surface area (Å²) in [6, 6.07) is 2.56. The zero-order chi connectivity index (χ0) is 17.4. The third-order valence-corrected chi connectivity index (χ3v) is 7.01. The number of nitrogens with zero attached hydrogens (tertiary/aromatic N) is 2. The van der Waals surface area contributed by atoms with Gasteiger partial charge in [0.05, 0.1) is 9.82 Å². The predicted octanol–water partition coefficient (Wildman–Crippen LogP) is 3.41. The van der Waals surface area contributed by atoms with E-state index in [1.165, 1.54) is 16.4 Å². The Bertz CT molecular complexity index is 707. The summed E-state index contributed by atoms with van der Waals surface area (Å²) in [6.45, 7) is 5.57. The van der Waals surface area contributed by atoms with Gasteiger partial charge in [0.15, 0.2) is 0 Å². The van der Waals surface area contributed by atoms with Gasteiger partial charge in [0.1, 0.15) is 0 Å². The quantitative estimate of drug-likeness (QED) is 0.621. The van der Waals surface area contributed by atoms with Crippen molar-refractivity contribution in [1.29, 1.82) is 0 Å². The van der Waals surface area contributed by atoms with Gasteiger partial charge in [-0.15, -0.1) is 0 Å². The van der Waals surface area contributed by atoms with E-state index in [1.807, 2.05) is 0 Å². The Kier molecular flexibility index (Phi) is 5.10. The SMILES string of the molecule is Cc1cc([N+](=O)[O-])cc(S(=O)(=O)N(C)C2CCC(C)CC2)c1C. The molecule has 0 N–H and O–H groups in total. The van der Waals surface area contributed by atoms with Crippen molar-refractivity contribution in [3.05, 3.63) is 33.4 Å². The average Bonchev–Trinajstić information content (AvgIpc) is 2.49. The third-order valence-electron chi connectivity index (χ3n) is 4.97. The molecule has 1 aromatic rings. The van der Waals surface area contributed by atoms with E-state index in [2.05, 4.69) is 6.92 Å². The molecule has 2 rings (SSSR count). The third kappa shape index (κ3) is 3.55. The maximum absolute atomic E-state index is 13.0. The van der Waals surface area contributed by atoms with Crippen LogP contribution in [0.5, 0.6) is 0 Å². The van der Waals surface area contributed by atoms with E-state index in [0.717, 1.165) is 25.7 Å². The predicted molar refractivity (Wildman–Crippen MR) is 88.9 cm³/mol. The summed E-state index contributed by atoms with van der Waals surface area (Å²) in [5.41, 5.74) is 1.01. The van der Waals surface area contributed by atoms with Crippen LogP contribution < -0.4 is 0 Å². The fourth-order valence-corrected chi connectivity index (χ4v) is 4.87. The smallest absolute Gasteiger partial charge is 0.258 e. The van der Waals surface area contributed by atoms with E-state index < -0.39 is 14.9 Å². The first kappa shape index (κ1) is 17.9. The molecule has 1 aromatic carbocycles. The van der Waals surface area contributed by atoms with E-state index in [4.69, 9.17) is 0 Å². The highest BCUT2D eigenvalue weighted by Gasteiger charge is 2.32. The van der Waals surface area contributed by atoms with Gasteiger partial charge in [-0.1, -0.05) is 6.92 Å². The molecule has 7 heteroatoms. The van der Waals surface area contributed by atoms with Gasteiger partial charge < -0.3 is 0 Å². The van der Waals surface area contributed by atoms with Crippen LogP contribution in [0.1, 0.15) is 43.7 Å². The molecule has 0 aromatic heterocycles. The number of sulfonamides is 1. The Morgan fingerprint density at radius 2 is 1.74 bits per heavy atom. The van der Waals surface area contributed by atoms with Crippen LogP contribution in [0.4, 0.5) is 5.69 Å². The van der Waals surface area contributed by atoms with Crippen molar-refractivity contribution >= 4 is 15.7 Å². The summed E-state index contributed by atoms with van der Waals surface area (Å²) in [4.78, 5) is 10.5. The molecule has 0 atom stereocenters.